The van der Waals surface area contributed by atoms with E-state index in [1.807, 2.05) is 0 Å². The fraction of sp³-hybridized carbons (Fsp3) is 0.238. The Morgan fingerprint density at radius 2 is 1.41 bits per heavy atom. The van der Waals surface area contributed by atoms with Crippen LogP contribution >= 0.6 is 0 Å². The Morgan fingerprint density at radius 3 is 2.18 bits per heavy atom. The van der Waals surface area contributed by atoms with Crippen LogP contribution in [0.15, 0.2) is 54.6 Å². The van der Waals surface area contributed by atoms with Crippen molar-refractivity contribution in [3.63, 3.8) is 0 Å². The van der Waals surface area contributed by atoms with Crippen LogP contribution in [0.25, 0.3) is 32.3 Å². The molecule has 4 aromatic rings. The molecule has 0 spiro atoms. The van der Waals surface area contributed by atoms with Gasteiger partial charge in [-0.1, -0.05) is 68.3 Å². The second-order valence-electron chi connectivity index (χ2n) is 6.10. The lowest BCUT2D eigenvalue weighted by atomic mass is 9.93. The molecule has 0 bridgehead atoms. The second kappa shape index (κ2) is 5.49. The molecule has 0 fully saturated rings. The Labute approximate surface area is 131 Å². The summed E-state index contributed by atoms with van der Waals surface area (Å²) in [6, 6.07) is 20.0. The highest BCUT2D eigenvalue weighted by Gasteiger charge is 2.10. The normalized spacial score (nSPS) is 11.7. The zero-order valence-corrected chi connectivity index (χ0v) is 13.0. The Kier molecular flexibility index (Phi) is 3.34. The lowest BCUT2D eigenvalue weighted by molar-refractivity contribution is 0.744. The van der Waals surface area contributed by atoms with Crippen LogP contribution in [-0.2, 0) is 0 Å². The predicted molar refractivity (Wildman–Crippen MR) is 98.2 cm³/mol. The summed E-state index contributed by atoms with van der Waals surface area (Å²) in [5.74, 6) is 0. The summed E-state index contributed by atoms with van der Waals surface area (Å²) in [5.41, 5.74) is 1.27. The number of benzene rings is 4. The first-order chi connectivity index (χ1) is 10.9. The minimum Gasteiger partial charge on any atom is -0.385 e. The van der Waals surface area contributed by atoms with Gasteiger partial charge in [0.15, 0.2) is 0 Å². The van der Waals surface area contributed by atoms with Crippen molar-refractivity contribution < 1.29 is 0 Å². The SMILES string of the molecule is CCCCCNc1ccc2ccc3cccc4ccc1c2c34. The Hall–Kier alpha value is -2.28. The quantitative estimate of drug-likeness (QED) is 0.341. The molecule has 0 amide bonds. The van der Waals surface area contributed by atoms with E-state index in [-0.39, 0.29) is 0 Å². The molecule has 22 heavy (non-hydrogen) atoms. The van der Waals surface area contributed by atoms with E-state index in [9.17, 15) is 0 Å². The van der Waals surface area contributed by atoms with Crippen molar-refractivity contribution in [3.05, 3.63) is 54.6 Å². The average molecular weight is 287 g/mol. The Bertz CT molecular complexity index is 907. The summed E-state index contributed by atoms with van der Waals surface area (Å²) in [7, 11) is 0. The molecule has 0 saturated carbocycles. The summed E-state index contributed by atoms with van der Waals surface area (Å²) in [5, 5.41) is 11.8. The topological polar surface area (TPSA) is 12.0 Å². The Morgan fingerprint density at radius 1 is 0.727 bits per heavy atom. The summed E-state index contributed by atoms with van der Waals surface area (Å²) in [4.78, 5) is 0. The van der Waals surface area contributed by atoms with Crippen LogP contribution < -0.4 is 5.32 Å². The van der Waals surface area contributed by atoms with Gasteiger partial charge in [-0.25, -0.2) is 0 Å². The fourth-order valence-corrected chi connectivity index (χ4v) is 3.49. The minimum absolute atomic E-state index is 1.05. The zero-order chi connectivity index (χ0) is 14.9. The van der Waals surface area contributed by atoms with E-state index in [2.05, 4.69) is 66.8 Å². The van der Waals surface area contributed by atoms with Gasteiger partial charge in [-0.05, 0) is 39.4 Å². The molecule has 0 aliphatic rings. The molecule has 0 aliphatic carbocycles. The summed E-state index contributed by atoms with van der Waals surface area (Å²) >= 11 is 0. The smallest absolute Gasteiger partial charge is 0.0420 e. The highest BCUT2D eigenvalue weighted by molar-refractivity contribution is 6.25. The van der Waals surface area contributed by atoms with E-state index >= 15 is 0 Å². The molecule has 0 aliphatic heterocycles. The lowest BCUT2D eigenvalue weighted by Gasteiger charge is -2.15. The molecule has 1 heteroatoms. The molecule has 4 aromatic carbocycles. The first-order valence-electron chi connectivity index (χ1n) is 8.29. The van der Waals surface area contributed by atoms with Gasteiger partial charge in [0, 0.05) is 17.6 Å². The maximum atomic E-state index is 3.63. The van der Waals surface area contributed by atoms with Crippen molar-refractivity contribution in [3.8, 4) is 0 Å². The Balaban J connectivity index is 1.89. The molecule has 0 saturated heterocycles. The highest BCUT2D eigenvalue weighted by atomic mass is 14.9. The van der Waals surface area contributed by atoms with Gasteiger partial charge < -0.3 is 5.32 Å². The van der Waals surface area contributed by atoms with Gasteiger partial charge in [0.25, 0.3) is 0 Å². The number of hydrogen-bond donors (Lipinski definition) is 1. The molecule has 0 unspecified atom stereocenters. The maximum absolute atomic E-state index is 3.63. The van der Waals surface area contributed by atoms with Crippen molar-refractivity contribution in [2.45, 2.75) is 26.2 Å². The molecule has 0 heterocycles. The molecule has 0 aromatic heterocycles. The van der Waals surface area contributed by atoms with Crippen LogP contribution in [0.1, 0.15) is 26.2 Å². The molecular weight excluding hydrogens is 266 g/mol. The number of unbranched alkanes of at least 4 members (excludes halogenated alkanes) is 2. The van der Waals surface area contributed by atoms with E-state index in [1.165, 1.54) is 57.3 Å². The van der Waals surface area contributed by atoms with Gasteiger partial charge in [0.1, 0.15) is 0 Å². The van der Waals surface area contributed by atoms with Gasteiger partial charge in [0.05, 0.1) is 0 Å². The minimum atomic E-state index is 1.05. The molecule has 4 rings (SSSR count). The number of rotatable bonds is 5. The van der Waals surface area contributed by atoms with Crippen LogP contribution in [0.5, 0.6) is 0 Å². The second-order valence-corrected chi connectivity index (χ2v) is 6.10. The maximum Gasteiger partial charge on any atom is 0.0420 e. The molecule has 0 radical (unpaired) electrons. The van der Waals surface area contributed by atoms with E-state index in [1.54, 1.807) is 0 Å². The van der Waals surface area contributed by atoms with Crippen molar-refractivity contribution in [1.82, 2.24) is 0 Å². The van der Waals surface area contributed by atoms with Crippen LogP contribution in [0.3, 0.4) is 0 Å². The van der Waals surface area contributed by atoms with Gasteiger partial charge >= 0.3 is 0 Å². The average Bonchev–Trinajstić information content (AvgIpc) is 2.57. The van der Waals surface area contributed by atoms with Crippen LogP contribution in [0.4, 0.5) is 5.69 Å². The number of nitrogens with one attached hydrogen (secondary N) is 1. The standard InChI is InChI=1S/C21H21N/c1-2-3-4-14-22-19-13-11-17-9-8-15-6-5-7-16-10-12-18(19)21(17)20(15)16/h5-13,22H,2-4,14H2,1H3. The third-order valence-corrected chi connectivity index (χ3v) is 4.62. The first-order valence-corrected chi connectivity index (χ1v) is 8.29. The monoisotopic (exact) mass is 287 g/mol. The van der Waals surface area contributed by atoms with E-state index < -0.39 is 0 Å². The van der Waals surface area contributed by atoms with Crippen LogP contribution in [0.2, 0.25) is 0 Å². The third-order valence-electron chi connectivity index (χ3n) is 4.62. The predicted octanol–water partition coefficient (Wildman–Crippen LogP) is 6.19. The molecule has 110 valence electrons. The summed E-state index contributed by atoms with van der Waals surface area (Å²) in [6.45, 7) is 3.30. The summed E-state index contributed by atoms with van der Waals surface area (Å²) < 4.78 is 0. The summed E-state index contributed by atoms with van der Waals surface area (Å²) in [6.07, 6.45) is 3.79. The lowest BCUT2D eigenvalue weighted by Crippen LogP contribution is -2.02. The highest BCUT2D eigenvalue weighted by Crippen LogP contribution is 2.37. The number of hydrogen-bond acceptors (Lipinski definition) is 1. The molecule has 1 nitrogen and oxygen atoms in total. The van der Waals surface area contributed by atoms with Crippen molar-refractivity contribution in [1.29, 1.82) is 0 Å². The fourth-order valence-electron chi connectivity index (χ4n) is 3.49. The van der Waals surface area contributed by atoms with E-state index in [0.29, 0.717) is 0 Å². The molecule has 1 N–H and O–H groups in total. The number of anilines is 1. The van der Waals surface area contributed by atoms with Crippen molar-refractivity contribution in [2.24, 2.45) is 0 Å². The van der Waals surface area contributed by atoms with Gasteiger partial charge in [0.2, 0.25) is 0 Å². The van der Waals surface area contributed by atoms with E-state index in [4.69, 9.17) is 0 Å². The molecular formula is C21H21N. The van der Waals surface area contributed by atoms with E-state index in [0.717, 1.165) is 6.54 Å². The van der Waals surface area contributed by atoms with Crippen LogP contribution in [0, 0.1) is 0 Å². The zero-order valence-electron chi connectivity index (χ0n) is 13.0. The van der Waals surface area contributed by atoms with Gasteiger partial charge in [-0.15, -0.1) is 0 Å². The molecule has 0 atom stereocenters. The van der Waals surface area contributed by atoms with Crippen LogP contribution in [-0.4, -0.2) is 6.54 Å². The van der Waals surface area contributed by atoms with Crippen molar-refractivity contribution >= 4 is 38.0 Å². The third kappa shape index (κ3) is 2.09. The first kappa shape index (κ1) is 13.4. The van der Waals surface area contributed by atoms with Gasteiger partial charge in [-0.3, -0.25) is 0 Å². The van der Waals surface area contributed by atoms with Gasteiger partial charge in [-0.2, -0.15) is 0 Å². The van der Waals surface area contributed by atoms with Crippen molar-refractivity contribution in [2.75, 3.05) is 11.9 Å². The largest absolute Gasteiger partial charge is 0.385 e.